The SMILES string of the molecule is CCn1nc(-c2ccccc2)c2c(N(Cc3cccnc3)S(=O)(=O)c3ccc(OC)cc3)c(C(=O)O)cnc21.NO. The van der Waals surface area contributed by atoms with Crippen molar-refractivity contribution in [1.82, 2.24) is 19.7 Å². The van der Waals surface area contributed by atoms with Gasteiger partial charge < -0.3 is 15.1 Å². The van der Waals surface area contributed by atoms with Gasteiger partial charge in [0.1, 0.15) is 17.0 Å². The highest BCUT2D eigenvalue weighted by Crippen LogP contribution is 2.40. The first-order valence-corrected chi connectivity index (χ1v) is 13.8. The summed E-state index contributed by atoms with van der Waals surface area (Å²) in [5.74, 6) is 2.67. The summed E-state index contributed by atoms with van der Waals surface area (Å²) in [6.07, 6.45) is 4.31. The summed E-state index contributed by atoms with van der Waals surface area (Å²) in [6, 6.07) is 18.6. The van der Waals surface area contributed by atoms with Crippen molar-refractivity contribution in [2.75, 3.05) is 11.4 Å². The number of anilines is 1. The van der Waals surface area contributed by atoms with Crippen molar-refractivity contribution in [1.29, 1.82) is 0 Å². The van der Waals surface area contributed by atoms with Crippen LogP contribution in [-0.4, -0.2) is 51.6 Å². The number of benzene rings is 2. The van der Waals surface area contributed by atoms with Crippen molar-refractivity contribution >= 4 is 32.7 Å². The normalized spacial score (nSPS) is 11.0. The fourth-order valence-corrected chi connectivity index (χ4v) is 5.86. The van der Waals surface area contributed by atoms with Gasteiger partial charge in [-0.25, -0.2) is 28.8 Å². The largest absolute Gasteiger partial charge is 0.497 e. The first-order chi connectivity index (χ1) is 19.8. The predicted octanol–water partition coefficient (Wildman–Crippen LogP) is 3.95. The zero-order valence-electron chi connectivity index (χ0n) is 22.2. The molecular weight excluding hydrogens is 548 g/mol. The molecule has 0 fully saturated rings. The van der Waals surface area contributed by atoms with E-state index in [-0.39, 0.29) is 22.7 Å². The number of ether oxygens (including phenoxy) is 1. The van der Waals surface area contributed by atoms with Gasteiger partial charge in [-0.15, -0.1) is 0 Å². The van der Waals surface area contributed by atoms with Crippen molar-refractivity contribution in [3.63, 3.8) is 0 Å². The first kappa shape index (κ1) is 29.1. The van der Waals surface area contributed by atoms with Crippen LogP contribution in [0.3, 0.4) is 0 Å². The van der Waals surface area contributed by atoms with Gasteiger partial charge in [0.05, 0.1) is 29.6 Å². The summed E-state index contributed by atoms with van der Waals surface area (Å²) >= 11 is 0. The van der Waals surface area contributed by atoms with E-state index in [1.165, 1.54) is 25.4 Å². The van der Waals surface area contributed by atoms with Crippen LogP contribution >= 0.6 is 0 Å². The maximum atomic E-state index is 14.3. The molecule has 3 aromatic heterocycles. The van der Waals surface area contributed by atoms with Crippen LogP contribution in [0, 0.1) is 0 Å². The molecule has 0 amide bonds. The molecule has 0 aliphatic heterocycles. The van der Waals surface area contributed by atoms with Gasteiger partial charge in [0, 0.05) is 30.7 Å². The molecule has 0 radical (unpaired) electrons. The molecule has 12 nitrogen and oxygen atoms in total. The number of sulfonamides is 1. The number of pyridine rings is 2. The number of rotatable bonds is 9. The Bertz CT molecular complexity index is 1740. The number of nitrogens with two attached hydrogens (primary N) is 1. The van der Waals surface area contributed by atoms with E-state index in [4.69, 9.17) is 15.0 Å². The molecule has 41 heavy (non-hydrogen) atoms. The Morgan fingerprint density at radius 2 is 1.73 bits per heavy atom. The first-order valence-electron chi connectivity index (χ1n) is 12.3. The summed E-state index contributed by atoms with van der Waals surface area (Å²) in [5.41, 5.74) is 1.78. The zero-order valence-corrected chi connectivity index (χ0v) is 23.1. The zero-order chi connectivity index (χ0) is 29.6. The van der Waals surface area contributed by atoms with Crippen molar-refractivity contribution in [3.05, 3.63) is 96.4 Å². The van der Waals surface area contributed by atoms with Gasteiger partial charge in [-0.2, -0.15) is 5.10 Å². The molecule has 0 spiro atoms. The van der Waals surface area contributed by atoms with Crippen molar-refractivity contribution < 1.29 is 28.3 Å². The second-order valence-corrected chi connectivity index (χ2v) is 10.5. The van der Waals surface area contributed by atoms with E-state index in [9.17, 15) is 18.3 Å². The third-order valence-corrected chi connectivity index (χ3v) is 8.02. The van der Waals surface area contributed by atoms with Crippen LogP contribution in [0.4, 0.5) is 5.69 Å². The van der Waals surface area contributed by atoms with Gasteiger partial charge in [-0.05, 0) is 42.8 Å². The quantitative estimate of drug-likeness (QED) is 0.218. The summed E-state index contributed by atoms with van der Waals surface area (Å²) in [5, 5.41) is 21.8. The summed E-state index contributed by atoms with van der Waals surface area (Å²) in [4.78, 5) is 21.1. The lowest BCUT2D eigenvalue weighted by molar-refractivity contribution is 0.0697. The smallest absolute Gasteiger partial charge is 0.339 e. The van der Waals surface area contributed by atoms with Crippen molar-refractivity contribution in [2.24, 2.45) is 5.90 Å². The van der Waals surface area contributed by atoms with E-state index in [2.05, 4.69) is 15.9 Å². The fourth-order valence-electron chi connectivity index (χ4n) is 4.37. The lowest BCUT2D eigenvalue weighted by Crippen LogP contribution is -2.32. The van der Waals surface area contributed by atoms with Crippen molar-refractivity contribution in [3.8, 4) is 17.0 Å². The molecule has 0 atom stereocenters. The highest BCUT2D eigenvalue weighted by atomic mass is 32.2. The Hall–Kier alpha value is -4.85. The number of aromatic nitrogens is 4. The maximum absolute atomic E-state index is 14.3. The molecule has 0 bridgehead atoms. The van der Waals surface area contributed by atoms with Gasteiger partial charge >= 0.3 is 5.97 Å². The molecule has 0 aliphatic rings. The average molecular weight is 577 g/mol. The Kier molecular flexibility index (Phi) is 8.92. The van der Waals surface area contributed by atoms with Crippen LogP contribution in [0.1, 0.15) is 22.8 Å². The van der Waals surface area contributed by atoms with E-state index < -0.39 is 16.0 Å². The number of aryl methyl sites for hydroxylation is 1. The lowest BCUT2D eigenvalue weighted by atomic mass is 10.1. The molecule has 4 N–H and O–H groups in total. The van der Waals surface area contributed by atoms with Crippen LogP contribution in [-0.2, 0) is 23.1 Å². The van der Waals surface area contributed by atoms with Crippen molar-refractivity contribution in [2.45, 2.75) is 24.9 Å². The number of hydrogen-bond acceptors (Lipinski definition) is 9. The molecule has 3 heterocycles. The topological polar surface area (TPSA) is 174 Å². The monoisotopic (exact) mass is 576 g/mol. The van der Waals surface area contributed by atoms with Gasteiger partial charge in [0.2, 0.25) is 0 Å². The number of carbonyl (C=O) groups is 1. The third kappa shape index (κ3) is 5.72. The Morgan fingerprint density at radius 1 is 1.02 bits per heavy atom. The molecule has 0 unspecified atom stereocenters. The molecule has 2 aromatic carbocycles. The Morgan fingerprint density at radius 3 is 2.32 bits per heavy atom. The highest BCUT2D eigenvalue weighted by Gasteiger charge is 2.33. The highest BCUT2D eigenvalue weighted by molar-refractivity contribution is 7.92. The molecule has 5 rings (SSSR count). The van der Waals surface area contributed by atoms with E-state index >= 15 is 0 Å². The van der Waals surface area contributed by atoms with Crippen LogP contribution in [0.15, 0.2) is 90.2 Å². The van der Waals surface area contributed by atoms with Crippen LogP contribution < -0.4 is 14.9 Å². The van der Waals surface area contributed by atoms with E-state index in [1.807, 2.05) is 37.3 Å². The number of hydrogen-bond donors (Lipinski definition) is 3. The molecule has 0 saturated heterocycles. The van der Waals surface area contributed by atoms with Crippen LogP contribution in [0.25, 0.3) is 22.3 Å². The molecule has 0 saturated carbocycles. The third-order valence-electron chi connectivity index (χ3n) is 6.26. The summed E-state index contributed by atoms with van der Waals surface area (Å²) < 4.78 is 36.5. The molecule has 212 valence electrons. The second-order valence-electron chi connectivity index (χ2n) is 8.60. The summed E-state index contributed by atoms with van der Waals surface area (Å²) in [6.45, 7) is 2.15. The molecule has 13 heteroatoms. The maximum Gasteiger partial charge on any atom is 0.339 e. The fraction of sp³-hybridized carbons (Fsp3) is 0.143. The lowest BCUT2D eigenvalue weighted by Gasteiger charge is -2.27. The second kappa shape index (κ2) is 12.6. The standard InChI is InChI=1S/C28H25N5O5S.H3NO/c1-3-32-27-24(25(31-32)20-9-5-4-6-10-20)26(23(17-30-27)28(34)35)33(18-19-8-7-15-29-16-19)39(36,37)22-13-11-21(38-2)12-14-22;1-2/h4-17H,3,18H2,1-2H3,(H,34,35);2H,1H2. The molecule has 0 aliphatic carbocycles. The van der Waals surface area contributed by atoms with Crippen LogP contribution in [0.2, 0.25) is 0 Å². The van der Waals surface area contributed by atoms with E-state index in [1.54, 1.807) is 41.3 Å². The Labute approximate surface area is 236 Å². The number of fused-ring (bicyclic) bond motifs is 1. The average Bonchev–Trinajstić information content (AvgIpc) is 3.40. The van der Waals surface area contributed by atoms with Gasteiger partial charge in [0.25, 0.3) is 10.0 Å². The number of aromatic carboxylic acids is 1. The van der Waals surface area contributed by atoms with Gasteiger partial charge in [-0.1, -0.05) is 36.4 Å². The summed E-state index contributed by atoms with van der Waals surface area (Å²) in [7, 11) is -2.81. The van der Waals surface area contributed by atoms with Gasteiger partial charge in [-0.3, -0.25) is 9.29 Å². The molecule has 5 aromatic rings. The van der Waals surface area contributed by atoms with Gasteiger partial charge in [0.15, 0.2) is 5.65 Å². The minimum atomic E-state index is -4.30. The van der Waals surface area contributed by atoms with E-state index in [0.29, 0.717) is 40.1 Å². The Balaban J connectivity index is 0.00000189. The number of carboxylic acid groups (broad SMARTS) is 1. The minimum absolute atomic E-state index is 0.0225. The number of carboxylic acids is 1. The van der Waals surface area contributed by atoms with E-state index in [0.717, 1.165) is 4.31 Å². The van der Waals surface area contributed by atoms with Crippen LogP contribution in [0.5, 0.6) is 5.75 Å². The molecular formula is C28H28N6O6S. The predicted molar refractivity (Wildman–Crippen MR) is 152 cm³/mol. The number of nitrogens with zero attached hydrogens (tertiary/aromatic N) is 5. The number of methoxy groups -OCH3 is 1. The minimum Gasteiger partial charge on any atom is -0.497 e.